The van der Waals surface area contributed by atoms with Crippen molar-refractivity contribution in [3.05, 3.63) is 71.8 Å². The van der Waals surface area contributed by atoms with Crippen molar-refractivity contribution in [2.75, 3.05) is 0 Å². The molecule has 2 aromatic carbocycles. The first kappa shape index (κ1) is 12.2. The number of nitriles is 1. The van der Waals surface area contributed by atoms with Gasteiger partial charge in [-0.15, -0.1) is 0 Å². The van der Waals surface area contributed by atoms with Crippen LogP contribution in [0.25, 0.3) is 10.9 Å². The van der Waals surface area contributed by atoms with Crippen LogP contribution in [0.1, 0.15) is 11.1 Å². The molecular weight excluding hydrogens is 248 g/mol. The minimum Gasteiger partial charge on any atom is -0.473 e. The lowest BCUT2D eigenvalue weighted by Crippen LogP contribution is -1.97. The zero-order valence-electron chi connectivity index (χ0n) is 10.8. The molecule has 3 nitrogen and oxygen atoms in total. The van der Waals surface area contributed by atoms with Crippen molar-refractivity contribution in [1.82, 2.24) is 4.98 Å². The summed E-state index contributed by atoms with van der Waals surface area (Å²) in [5, 5.41) is 9.81. The van der Waals surface area contributed by atoms with Gasteiger partial charge in [-0.1, -0.05) is 30.3 Å². The van der Waals surface area contributed by atoms with Gasteiger partial charge in [-0.2, -0.15) is 5.26 Å². The Kier molecular flexibility index (Phi) is 3.30. The summed E-state index contributed by atoms with van der Waals surface area (Å²) in [6, 6.07) is 21.3. The smallest absolute Gasteiger partial charge is 0.214 e. The van der Waals surface area contributed by atoms with Crippen molar-refractivity contribution in [2.24, 2.45) is 0 Å². The van der Waals surface area contributed by atoms with E-state index < -0.39 is 0 Å². The average molecular weight is 260 g/mol. The van der Waals surface area contributed by atoms with Crippen LogP contribution >= 0.6 is 0 Å². The second-order valence-corrected chi connectivity index (χ2v) is 4.44. The van der Waals surface area contributed by atoms with Gasteiger partial charge >= 0.3 is 0 Å². The SMILES string of the molecule is N#Cc1ccc2nc(OCc3ccccc3)ccc2c1. The molecule has 0 spiro atoms. The van der Waals surface area contributed by atoms with Crippen molar-refractivity contribution in [3.63, 3.8) is 0 Å². The number of ether oxygens (including phenoxy) is 1. The molecule has 3 rings (SSSR count). The van der Waals surface area contributed by atoms with Gasteiger partial charge in [0.2, 0.25) is 5.88 Å². The number of pyridine rings is 1. The zero-order valence-corrected chi connectivity index (χ0v) is 10.8. The Morgan fingerprint density at radius 2 is 1.85 bits per heavy atom. The predicted octanol–water partition coefficient (Wildman–Crippen LogP) is 3.69. The molecule has 0 amide bonds. The van der Waals surface area contributed by atoms with Gasteiger partial charge in [0.25, 0.3) is 0 Å². The summed E-state index contributed by atoms with van der Waals surface area (Å²) in [4.78, 5) is 4.43. The van der Waals surface area contributed by atoms with E-state index in [4.69, 9.17) is 10.00 Å². The molecule has 1 aromatic heterocycles. The Morgan fingerprint density at radius 3 is 2.65 bits per heavy atom. The summed E-state index contributed by atoms with van der Waals surface area (Å²) in [5.74, 6) is 0.589. The van der Waals surface area contributed by atoms with Crippen LogP contribution in [-0.4, -0.2) is 4.98 Å². The molecule has 20 heavy (non-hydrogen) atoms. The van der Waals surface area contributed by atoms with Crippen LogP contribution in [0.3, 0.4) is 0 Å². The van der Waals surface area contributed by atoms with Crippen LogP contribution in [0.2, 0.25) is 0 Å². The van der Waals surface area contributed by atoms with Crippen molar-refractivity contribution in [3.8, 4) is 11.9 Å². The first-order valence-corrected chi connectivity index (χ1v) is 6.33. The van der Waals surface area contributed by atoms with Crippen LogP contribution in [0.4, 0.5) is 0 Å². The van der Waals surface area contributed by atoms with Gasteiger partial charge in [0, 0.05) is 11.5 Å². The van der Waals surface area contributed by atoms with Crippen LogP contribution in [-0.2, 0) is 6.61 Å². The summed E-state index contributed by atoms with van der Waals surface area (Å²) < 4.78 is 5.68. The quantitative estimate of drug-likeness (QED) is 0.721. The predicted molar refractivity (Wildman–Crippen MR) is 77.2 cm³/mol. The first-order valence-electron chi connectivity index (χ1n) is 6.33. The third kappa shape index (κ3) is 2.60. The number of aromatic nitrogens is 1. The van der Waals surface area contributed by atoms with E-state index >= 15 is 0 Å². The van der Waals surface area contributed by atoms with Crippen molar-refractivity contribution >= 4 is 10.9 Å². The fourth-order valence-corrected chi connectivity index (χ4v) is 1.99. The second-order valence-electron chi connectivity index (χ2n) is 4.44. The van der Waals surface area contributed by atoms with Crippen molar-refractivity contribution in [2.45, 2.75) is 6.61 Å². The summed E-state index contributed by atoms with van der Waals surface area (Å²) in [6.45, 7) is 0.496. The summed E-state index contributed by atoms with van der Waals surface area (Å²) in [5.41, 5.74) is 2.57. The molecule has 3 aromatic rings. The third-order valence-electron chi connectivity index (χ3n) is 3.02. The van der Waals surface area contributed by atoms with E-state index in [-0.39, 0.29) is 0 Å². The lowest BCUT2D eigenvalue weighted by molar-refractivity contribution is 0.295. The molecule has 0 atom stereocenters. The number of rotatable bonds is 3. The normalized spacial score (nSPS) is 10.2. The lowest BCUT2D eigenvalue weighted by Gasteiger charge is -2.06. The van der Waals surface area contributed by atoms with E-state index in [1.54, 1.807) is 6.07 Å². The molecule has 0 aliphatic carbocycles. The minimum absolute atomic E-state index is 0.496. The molecule has 3 heteroatoms. The molecule has 0 unspecified atom stereocenters. The highest BCUT2D eigenvalue weighted by Crippen LogP contribution is 2.18. The van der Waals surface area contributed by atoms with Gasteiger partial charge in [-0.25, -0.2) is 4.98 Å². The molecule has 0 aliphatic rings. The van der Waals surface area contributed by atoms with E-state index in [2.05, 4.69) is 11.1 Å². The first-order chi connectivity index (χ1) is 9.85. The van der Waals surface area contributed by atoms with E-state index in [9.17, 15) is 0 Å². The van der Waals surface area contributed by atoms with Gasteiger partial charge in [0.1, 0.15) is 6.61 Å². The van der Waals surface area contributed by atoms with Crippen molar-refractivity contribution in [1.29, 1.82) is 5.26 Å². The summed E-state index contributed by atoms with van der Waals surface area (Å²) in [7, 11) is 0. The highest BCUT2D eigenvalue weighted by Gasteiger charge is 2.01. The maximum Gasteiger partial charge on any atom is 0.214 e. The number of hydrogen-bond acceptors (Lipinski definition) is 3. The number of fused-ring (bicyclic) bond motifs is 1. The van der Waals surface area contributed by atoms with Gasteiger partial charge < -0.3 is 4.74 Å². The Balaban J connectivity index is 1.81. The maximum atomic E-state index is 8.87. The fourth-order valence-electron chi connectivity index (χ4n) is 1.99. The topological polar surface area (TPSA) is 45.9 Å². The lowest BCUT2D eigenvalue weighted by atomic mass is 10.1. The van der Waals surface area contributed by atoms with Gasteiger partial charge in [0.15, 0.2) is 0 Å². The van der Waals surface area contributed by atoms with Gasteiger partial charge in [-0.05, 0) is 29.8 Å². The Morgan fingerprint density at radius 1 is 1.00 bits per heavy atom. The number of nitrogens with zero attached hydrogens (tertiary/aromatic N) is 2. The Labute approximate surface area is 117 Å². The number of benzene rings is 2. The van der Waals surface area contributed by atoms with Crippen LogP contribution in [0.5, 0.6) is 5.88 Å². The highest BCUT2D eigenvalue weighted by molar-refractivity contribution is 5.80. The molecule has 0 aliphatic heterocycles. The fraction of sp³-hybridized carbons (Fsp3) is 0.0588. The monoisotopic (exact) mass is 260 g/mol. The molecule has 1 heterocycles. The van der Waals surface area contributed by atoms with Gasteiger partial charge in [0.05, 0.1) is 17.1 Å². The van der Waals surface area contributed by atoms with E-state index in [1.165, 1.54) is 0 Å². The summed E-state index contributed by atoms with van der Waals surface area (Å²) in [6.07, 6.45) is 0. The minimum atomic E-state index is 0.496. The molecule has 0 N–H and O–H groups in total. The molecule has 0 fully saturated rings. The van der Waals surface area contributed by atoms with E-state index in [0.29, 0.717) is 18.1 Å². The number of hydrogen-bond donors (Lipinski definition) is 0. The van der Waals surface area contributed by atoms with Crippen LogP contribution in [0.15, 0.2) is 60.7 Å². The molecule has 0 radical (unpaired) electrons. The Hall–Kier alpha value is -2.86. The van der Waals surface area contributed by atoms with Crippen LogP contribution in [0, 0.1) is 11.3 Å². The molecule has 0 saturated carbocycles. The largest absolute Gasteiger partial charge is 0.473 e. The van der Waals surface area contributed by atoms with Crippen LogP contribution < -0.4 is 4.74 Å². The highest BCUT2D eigenvalue weighted by atomic mass is 16.5. The van der Waals surface area contributed by atoms with E-state index in [1.807, 2.05) is 54.6 Å². The second kappa shape index (κ2) is 5.41. The molecular formula is C17H12N2O. The third-order valence-corrected chi connectivity index (χ3v) is 3.02. The van der Waals surface area contributed by atoms with Gasteiger partial charge in [-0.3, -0.25) is 0 Å². The molecule has 0 bridgehead atoms. The summed E-state index contributed by atoms with van der Waals surface area (Å²) >= 11 is 0. The average Bonchev–Trinajstić information content (AvgIpc) is 2.53. The Bertz CT molecular complexity index is 776. The molecule has 0 saturated heterocycles. The zero-order chi connectivity index (χ0) is 13.8. The standard InChI is InChI=1S/C17H12N2O/c18-11-14-6-8-16-15(10-14)7-9-17(19-16)20-12-13-4-2-1-3-5-13/h1-10H,12H2. The maximum absolute atomic E-state index is 8.87. The van der Waals surface area contributed by atoms with Crippen molar-refractivity contribution < 1.29 is 4.74 Å². The molecule has 96 valence electrons. The van der Waals surface area contributed by atoms with E-state index in [0.717, 1.165) is 16.5 Å².